The van der Waals surface area contributed by atoms with Crippen LogP contribution in [0.2, 0.25) is 5.02 Å². The first-order chi connectivity index (χ1) is 11.8. The molecule has 2 amide bonds. The third-order valence-corrected chi connectivity index (χ3v) is 3.72. The highest BCUT2D eigenvalue weighted by atomic mass is 35.5. The van der Waals surface area contributed by atoms with Gasteiger partial charge >= 0.3 is 12.2 Å². The van der Waals surface area contributed by atoms with Gasteiger partial charge in [-0.1, -0.05) is 23.7 Å². The zero-order chi connectivity index (χ0) is 18.4. The number of halogens is 4. The van der Waals surface area contributed by atoms with Gasteiger partial charge in [-0.3, -0.25) is 0 Å². The van der Waals surface area contributed by atoms with E-state index in [0.717, 1.165) is 23.4 Å². The normalized spacial score (nSPS) is 11.1. The van der Waals surface area contributed by atoms with Gasteiger partial charge in [0.2, 0.25) is 0 Å². The number of urea groups is 1. The molecule has 0 saturated carbocycles. The number of anilines is 1. The number of carbonyl (C=O) groups excluding carboxylic acids is 1. The molecule has 2 aromatic rings. The molecule has 2 rings (SSSR count). The van der Waals surface area contributed by atoms with Crippen LogP contribution >= 0.6 is 11.6 Å². The summed E-state index contributed by atoms with van der Waals surface area (Å²) in [6, 6.07) is 9.96. The Morgan fingerprint density at radius 1 is 1.16 bits per heavy atom. The first kappa shape index (κ1) is 18.9. The molecule has 0 unspecified atom stereocenters. The van der Waals surface area contributed by atoms with Crippen LogP contribution in [0.25, 0.3) is 0 Å². The molecule has 0 aliphatic rings. The van der Waals surface area contributed by atoms with Crippen LogP contribution in [0.5, 0.6) is 5.75 Å². The van der Waals surface area contributed by atoms with Gasteiger partial charge in [-0.2, -0.15) is 13.2 Å². The van der Waals surface area contributed by atoms with Gasteiger partial charge in [0.15, 0.2) is 0 Å². The van der Waals surface area contributed by atoms with E-state index in [1.807, 2.05) is 24.3 Å². The molecule has 25 heavy (non-hydrogen) atoms. The van der Waals surface area contributed by atoms with Gasteiger partial charge in [-0.05, 0) is 42.3 Å². The molecule has 0 fully saturated rings. The van der Waals surface area contributed by atoms with Crippen molar-refractivity contribution in [3.05, 3.63) is 58.6 Å². The molecule has 2 N–H and O–H groups in total. The van der Waals surface area contributed by atoms with Crippen molar-refractivity contribution in [3.63, 3.8) is 0 Å². The van der Waals surface area contributed by atoms with Crippen LogP contribution in [0.4, 0.5) is 23.7 Å². The minimum absolute atomic E-state index is 0.0127. The van der Waals surface area contributed by atoms with E-state index in [4.69, 9.17) is 16.3 Å². The number of benzene rings is 2. The van der Waals surface area contributed by atoms with Crippen LogP contribution in [-0.4, -0.2) is 19.7 Å². The van der Waals surface area contributed by atoms with Crippen LogP contribution in [0.3, 0.4) is 0 Å². The van der Waals surface area contributed by atoms with Crippen LogP contribution in [0.15, 0.2) is 42.5 Å². The summed E-state index contributed by atoms with van der Waals surface area (Å²) in [5.41, 5.74) is 0.0100. The lowest BCUT2D eigenvalue weighted by Crippen LogP contribution is -2.30. The standard InChI is InChI=1S/C17H16ClF3N2O2/c1-25-13-5-2-11(3-6-13)8-9-22-16(24)23-12-4-7-15(18)14(10-12)17(19,20)21/h2-7,10H,8-9H2,1H3,(H2,22,23,24). The number of rotatable bonds is 5. The SMILES string of the molecule is COc1ccc(CCNC(=O)Nc2ccc(Cl)c(C(F)(F)F)c2)cc1. The number of amides is 2. The number of hydrogen-bond donors (Lipinski definition) is 2. The third kappa shape index (κ3) is 5.56. The van der Waals surface area contributed by atoms with Crippen molar-refractivity contribution in [1.29, 1.82) is 0 Å². The molecule has 0 spiro atoms. The topological polar surface area (TPSA) is 50.4 Å². The van der Waals surface area contributed by atoms with Gasteiger partial charge in [0, 0.05) is 12.2 Å². The second-order valence-electron chi connectivity index (χ2n) is 5.17. The fourth-order valence-corrected chi connectivity index (χ4v) is 2.33. The van der Waals surface area contributed by atoms with Crippen molar-refractivity contribution in [3.8, 4) is 5.75 Å². The Kier molecular flexibility index (Phi) is 6.14. The van der Waals surface area contributed by atoms with Crippen LogP contribution < -0.4 is 15.4 Å². The first-order valence-corrected chi connectivity index (χ1v) is 7.72. The van der Waals surface area contributed by atoms with E-state index in [0.29, 0.717) is 13.0 Å². The van der Waals surface area contributed by atoms with Gasteiger partial charge in [0.05, 0.1) is 17.7 Å². The largest absolute Gasteiger partial charge is 0.497 e. The molecular formula is C17H16ClF3N2O2. The lowest BCUT2D eigenvalue weighted by atomic mass is 10.1. The van der Waals surface area contributed by atoms with Crippen molar-refractivity contribution >= 4 is 23.3 Å². The smallest absolute Gasteiger partial charge is 0.417 e. The summed E-state index contributed by atoms with van der Waals surface area (Å²) in [7, 11) is 1.57. The van der Waals surface area contributed by atoms with Crippen LogP contribution in [0.1, 0.15) is 11.1 Å². The Bertz CT molecular complexity index is 734. The maximum absolute atomic E-state index is 12.8. The third-order valence-electron chi connectivity index (χ3n) is 3.39. The second-order valence-corrected chi connectivity index (χ2v) is 5.58. The maximum atomic E-state index is 12.8. The highest BCUT2D eigenvalue weighted by Gasteiger charge is 2.33. The summed E-state index contributed by atoms with van der Waals surface area (Å²) < 4.78 is 43.4. The van der Waals surface area contributed by atoms with E-state index in [-0.39, 0.29) is 5.69 Å². The lowest BCUT2D eigenvalue weighted by molar-refractivity contribution is -0.137. The number of methoxy groups -OCH3 is 1. The van der Waals surface area contributed by atoms with Crippen LogP contribution in [-0.2, 0) is 12.6 Å². The number of nitrogens with one attached hydrogen (secondary N) is 2. The summed E-state index contributed by atoms with van der Waals surface area (Å²) in [5.74, 6) is 0.734. The summed E-state index contributed by atoms with van der Waals surface area (Å²) in [4.78, 5) is 11.8. The molecule has 0 saturated heterocycles. The predicted molar refractivity (Wildman–Crippen MR) is 90.2 cm³/mol. The summed E-state index contributed by atoms with van der Waals surface area (Å²) in [5, 5.41) is 4.52. The Morgan fingerprint density at radius 3 is 2.44 bits per heavy atom. The number of hydrogen-bond acceptors (Lipinski definition) is 2. The van der Waals surface area contributed by atoms with Crippen molar-refractivity contribution < 1.29 is 22.7 Å². The minimum atomic E-state index is -4.58. The van der Waals surface area contributed by atoms with E-state index in [2.05, 4.69) is 10.6 Å². The van der Waals surface area contributed by atoms with E-state index < -0.39 is 22.8 Å². The number of carbonyl (C=O) groups is 1. The molecule has 8 heteroatoms. The van der Waals surface area contributed by atoms with Crippen LogP contribution in [0, 0.1) is 0 Å². The maximum Gasteiger partial charge on any atom is 0.417 e. The molecule has 0 aromatic heterocycles. The van der Waals surface area contributed by atoms with Crippen molar-refractivity contribution in [2.24, 2.45) is 0 Å². The quantitative estimate of drug-likeness (QED) is 0.797. The summed E-state index contributed by atoms with van der Waals surface area (Å²) >= 11 is 5.53. The molecule has 134 valence electrons. The van der Waals surface area contributed by atoms with E-state index in [9.17, 15) is 18.0 Å². The Morgan fingerprint density at radius 2 is 1.84 bits per heavy atom. The van der Waals surface area contributed by atoms with Crippen molar-refractivity contribution in [1.82, 2.24) is 5.32 Å². The zero-order valence-corrected chi connectivity index (χ0v) is 14.0. The molecule has 0 aliphatic carbocycles. The van der Waals surface area contributed by atoms with E-state index in [1.165, 1.54) is 6.07 Å². The Balaban J connectivity index is 1.87. The number of alkyl halides is 3. The molecule has 0 bridgehead atoms. The predicted octanol–water partition coefficient (Wildman–Crippen LogP) is 4.73. The highest BCUT2D eigenvalue weighted by Crippen LogP contribution is 2.36. The molecule has 0 heterocycles. The molecule has 4 nitrogen and oxygen atoms in total. The Hall–Kier alpha value is -2.41. The van der Waals surface area contributed by atoms with Gasteiger partial charge in [0.25, 0.3) is 0 Å². The van der Waals surface area contributed by atoms with Gasteiger partial charge in [-0.15, -0.1) is 0 Å². The summed E-state index contributed by atoms with van der Waals surface area (Å²) in [6.07, 6.45) is -4.01. The first-order valence-electron chi connectivity index (χ1n) is 7.34. The van der Waals surface area contributed by atoms with E-state index in [1.54, 1.807) is 7.11 Å². The highest BCUT2D eigenvalue weighted by molar-refractivity contribution is 6.31. The lowest BCUT2D eigenvalue weighted by Gasteiger charge is -2.12. The zero-order valence-electron chi connectivity index (χ0n) is 13.3. The number of ether oxygens (including phenoxy) is 1. The van der Waals surface area contributed by atoms with Gasteiger partial charge in [-0.25, -0.2) is 4.79 Å². The molecule has 0 radical (unpaired) electrons. The van der Waals surface area contributed by atoms with Gasteiger partial charge in [0.1, 0.15) is 5.75 Å². The van der Waals surface area contributed by atoms with Crippen molar-refractivity contribution in [2.45, 2.75) is 12.6 Å². The minimum Gasteiger partial charge on any atom is -0.497 e. The molecule has 0 aliphatic heterocycles. The average Bonchev–Trinajstić information content (AvgIpc) is 2.56. The molecule has 2 aromatic carbocycles. The van der Waals surface area contributed by atoms with Crippen molar-refractivity contribution in [2.75, 3.05) is 19.0 Å². The summed E-state index contributed by atoms with van der Waals surface area (Å²) in [6.45, 7) is 0.331. The van der Waals surface area contributed by atoms with Gasteiger partial charge < -0.3 is 15.4 Å². The van der Waals surface area contributed by atoms with E-state index >= 15 is 0 Å². The average molecular weight is 373 g/mol. The molecule has 0 atom stereocenters. The Labute approximate surface area is 147 Å². The fraction of sp³-hybridized carbons (Fsp3) is 0.235. The molecular weight excluding hydrogens is 357 g/mol. The second kappa shape index (κ2) is 8.11. The fourth-order valence-electron chi connectivity index (χ4n) is 2.11. The monoisotopic (exact) mass is 372 g/mol.